The monoisotopic (exact) mass is 344 g/mol. The van der Waals surface area contributed by atoms with Gasteiger partial charge in [-0.25, -0.2) is 4.98 Å². The molecule has 126 valence electrons. The third-order valence-corrected chi connectivity index (χ3v) is 3.77. The molecule has 0 aliphatic carbocycles. The maximum atomic E-state index is 9.59. The fourth-order valence-corrected chi connectivity index (χ4v) is 2.57. The van der Waals surface area contributed by atoms with Gasteiger partial charge in [0.2, 0.25) is 0 Å². The van der Waals surface area contributed by atoms with Crippen molar-refractivity contribution in [2.24, 2.45) is 0 Å². The lowest BCUT2D eigenvalue weighted by Crippen LogP contribution is -2.23. The summed E-state index contributed by atoms with van der Waals surface area (Å²) in [5, 5.41) is 22.8. The van der Waals surface area contributed by atoms with Gasteiger partial charge in [-0.2, -0.15) is 0 Å². The average Bonchev–Trinajstić information content (AvgIpc) is 2.59. The van der Waals surface area contributed by atoms with Crippen molar-refractivity contribution < 1.29 is 10.2 Å². The first-order valence-electron chi connectivity index (χ1n) is 7.67. The zero-order valence-corrected chi connectivity index (χ0v) is 14.3. The van der Waals surface area contributed by atoms with Crippen LogP contribution in [0.4, 0.5) is 5.69 Å². The Balaban J connectivity index is 0.00000208. The molecule has 0 bridgehead atoms. The van der Waals surface area contributed by atoms with Crippen LogP contribution in [0, 0.1) is 6.92 Å². The summed E-state index contributed by atoms with van der Waals surface area (Å²) < 4.78 is 0. The summed E-state index contributed by atoms with van der Waals surface area (Å²) in [7, 11) is 0. The molecule has 1 heterocycles. The molecule has 0 fully saturated rings. The fraction of sp³-hybridized carbons (Fsp3) is 0.211. The van der Waals surface area contributed by atoms with Crippen LogP contribution in [0.1, 0.15) is 5.56 Å². The number of benzene rings is 2. The Kier molecular flexibility index (Phi) is 6.15. The summed E-state index contributed by atoms with van der Waals surface area (Å²) in [5.74, 6) is 0. The molecule has 4 nitrogen and oxygen atoms in total. The molecule has 3 N–H and O–H groups in total. The molecule has 0 saturated heterocycles. The van der Waals surface area contributed by atoms with Crippen LogP contribution < -0.4 is 5.32 Å². The van der Waals surface area contributed by atoms with Crippen LogP contribution in [-0.4, -0.2) is 34.5 Å². The normalized spacial score (nSPS) is 11.8. The number of aryl methyl sites for hydroxylation is 1. The standard InChI is InChI=1S/C19H20N2O2.ClH/c1-13-5-4-6-14(9-13)18-10-19(20-11-15(23)12-22)16-7-2-3-8-17(16)21-18;/h2-10,15,22-23H,11-12H2,1H3,(H,20,21);1H. The van der Waals surface area contributed by atoms with Gasteiger partial charge < -0.3 is 15.5 Å². The van der Waals surface area contributed by atoms with E-state index in [4.69, 9.17) is 10.1 Å². The molecule has 0 amide bonds. The molecule has 0 radical (unpaired) electrons. The molecule has 24 heavy (non-hydrogen) atoms. The zero-order valence-electron chi connectivity index (χ0n) is 13.4. The van der Waals surface area contributed by atoms with Crippen molar-refractivity contribution in [3.05, 3.63) is 60.2 Å². The van der Waals surface area contributed by atoms with Gasteiger partial charge in [-0.1, -0.05) is 42.0 Å². The molecule has 0 saturated carbocycles. The number of rotatable bonds is 5. The van der Waals surface area contributed by atoms with Gasteiger partial charge in [-0.05, 0) is 25.1 Å². The van der Waals surface area contributed by atoms with Crippen molar-refractivity contribution >= 4 is 29.0 Å². The van der Waals surface area contributed by atoms with E-state index in [1.165, 1.54) is 5.56 Å². The number of nitrogens with zero attached hydrogens (tertiary/aromatic N) is 1. The molecular weight excluding hydrogens is 324 g/mol. The van der Waals surface area contributed by atoms with E-state index in [9.17, 15) is 5.11 Å². The number of aliphatic hydroxyl groups is 2. The van der Waals surface area contributed by atoms with Crippen LogP contribution in [0.25, 0.3) is 22.2 Å². The molecule has 0 spiro atoms. The van der Waals surface area contributed by atoms with E-state index in [2.05, 4.69) is 24.4 Å². The lowest BCUT2D eigenvalue weighted by Gasteiger charge is -2.14. The van der Waals surface area contributed by atoms with Gasteiger partial charge in [0.15, 0.2) is 0 Å². The van der Waals surface area contributed by atoms with Crippen LogP contribution in [0.15, 0.2) is 54.6 Å². The molecule has 5 heteroatoms. The van der Waals surface area contributed by atoms with Crippen LogP contribution in [-0.2, 0) is 0 Å². The maximum absolute atomic E-state index is 9.59. The lowest BCUT2D eigenvalue weighted by atomic mass is 10.1. The minimum absolute atomic E-state index is 0. The number of hydrogen-bond acceptors (Lipinski definition) is 4. The molecule has 0 aliphatic heterocycles. The lowest BCUT2D eigenvalue weighted by molar-refractivity contribution is 0.105. The highest BCUT2D eigenvalue weighted by Crippen LogP contribution is 2.28. The van der Waals surface area contributed by atoms with E-state index < -0.39 is 6.10 Å². The number of para-hydroxylation sites is 1. The predicted octanol–water partition coefficient (Wildman–Crippen LogP) is 3.40. The van der Waals surface area contributed by atoms with Gasteiger partial charge >= 0.3 is 0 Å². The molecular formula is C19H21ClN2O2. The van der Waals surface area contributed by atoms with E-state index in [1.54, 1.807) is 0 Å². The van der Waals surface area contributed by atoms with Crippen molar-refractivity contribution in [2.45, 2.75) is 13.0 Å². The first-order valence-corrected chi connectivity index (χ1v) is 7.67. The molecule has 3 aromatic rings. The SMILES string of the molecule is Cc1cccc(-c2cc(NCC(O)CO)c3ccccc3n2)c1.Cl. The summed E-state index contributed by atoms with van der Waals surface area (Å²) >= 11 is 0. The Morgan fingerprint density at radius 3 is 2.62 bits per heavy atom. The summed E-state index contributed by atoms with van der Waals surface area (Å²) in [4.78, 5) is 4.74. The number of hydrogen-bond donors (Lipinski definition) is 3. The van der Waals surface area contributed by atoms with E-state index in [-0.39, 0.29) is 25.6 Å². The highest BCUT2D eigenvalue weighted by molar-refractivity contribution is 5.93. The minimum atomic E-state index is -0.788. The average molecular weight is 345 g/mol. The molecule has 1 atom stereocenters. The number of nitrogens with one attached hydrogen (secondary N) is 1. The highest BCUT2D eigenvalue weighted by atomic mass is 35.5. The molecule has 1 aromatic heterocycles. The van der Waals surface area contributed by atoms with Crippen molar-refractivity contribution in [2.75, 3.05) is 18.5 Å². The van der Waals surface area contributed by atoms with E-state index >= 15 is 0 Å². The van der Waals surface area contributed by atoms with Crippen LogP contribution in [0.3, 0.4) is 0 Å². The summed E-state index contributed by atoms with van der Waals surface area (Å²) in [6.45, 7) is 2.08. The third kappa shape index (κ3) is 4.03. The second-order valence-electron chi connectivity index (χ2n) is 5.66. The third-order valence-electron chi connectivity index (χ3n) is 3.77. The highest BCUT2D eigenvalue weighted by Gasteiger charge is 2.09. The Morgan fingerprint density at radius 2 is 1.88 bits per heavy atom. The van der Waals surface area contributed by atoms with Crippen molar-refractivity contribution in [1.82, 2.24) is 4.98 Å². The maximum Gasteiger partial charge on any atom is 0.0942 e. The topological polar surface area (TPSA) is 65.4 Å². The second kappa shape index (κ2) is 8.11. The van der Waals surface area contributed by atoms with Gasteiger partial charge in [0, 0.05) is 23.2 Å². The van der Waals surface area contributed by atoms with Crippen molar-refractivity contribution in [3.8, 4) is 11.3 Å². The molecule has 0 aliphatic rings. The fourth-order valence-electron chi connectivity index (χ4n) is 2.57. The summed E-state index contributed by atoms with van der Waals surface area (Å²) in [5.41, 5.74) is 4.92. The number of pyridine rings is 1. The predicted molar refractivity (Wildman–Crippen MR) is 101 cm³/mol. The van der Waals surface area contributed by atoms with Crippen LogP contribution in [0.2, 0.25) is 0 Å². The number of anilines is 1. The van der Waals surface area contributed by atoms with E-state index in [0.29, 0.717) is 0 Å². The number of aliphatic hydroxyl groups excluding tert-OH is 2. The largest absolute Gasteiger partial charge is 0.394 e. The molecule has 1 unspecified atom stereocenters. The smallest absolute Gasteiger partial charge is 0.0942 e. The number of fused-ring (bicyclic) bond motifs is 1. The Bertz CT molecular complexity index is 823. The van der Waals surface area contributed by atoms with Gasteiger partial charge in [0.05, 0.1) is 23.9 Å². The Hall–Kier alpha value is -2.14. The molecule has 2 aromatic carbocycles. The van der Waals surface area contributed by atoms with Crippen molar-refractivity contribution in [3.63, 3.8) is 0 Å². The number of aromatic nitrogens is 1. The zero-order chi connectivity index (χ0) is 16.2. The quantitative estimate of drug-likeness (QED) is 0.663. The summed E-state index contributed by atoms with van der Waals surface area (Å²) in [6, 6.07) is 18.1. The Morgan fingerprint density at radius 1 is 1.08 bits per heavy atom. The van der Waals surface area contributed by atoms with Crippen molar-refractivity contribution in [1.29, 1.82) is 0 Å². The van der Waals surface area contributed by atoms with Crippen LogP contribution >= 0.6 is 12.4 Å². The molecule has 3 rings (SSSR count). The van der Waals surface area contributed by atoms with Gasteiger partial charge in [-0.15, -0.1) is 12.4 Å². The van der Waals surface area contributed by atoms with Gasteiger partial charge in [0.25, 0.3) is 0 Å². The van der Waals surface area contributed by atoms with E-state index in [0.717, 1.165) is 27.8 Å². The minimum Gasteiger partial charge on any atom is -0.394 e. The number of halogens is 1. The van der Waals surface area contributed by atoms with Crippen LogP contribution in [0.5, 0.6) is 0 Å². The second-order valence-corrected chi connectivity index (χ2v) is 5.66. The van der Waals surface area contributed by atoms with Gasteiger partial charge in [0.1, 0.15) is 0 Å². The van der Waals surface area contributed by atoms with Gasteiger partial charge in [-0.3, -0.25) is 0 Å². The van der Waals surface area contributed by atoms with E-state index in [1.807, 2.05) is 42.5 Å². The first kappa shape index (κ1) is 18.2. The Labute approximate surface area is 147 Å². The first-order chi connectivity index (χ1) is 11.2. The summed E-state index contributed by atoms with van der Waals surface area (Å²) in [6.07, 6.45) is -0.788.